The number of hydrogen-bond donors (Lipinski definition) is 2. The molecule has 0 aliphatic heterocycles. The zero-order valence-electron chi connectivity index (χ0n) is 13.9. The summed E-state index contributed by atoms with van der Waals surface area (Å²) in [6.45, 7) is 1.55. The number of methoxy groups -OCH3 is 1. The van der Waals surface area contributed by atoms with Gasteiger partial charge in [-0.3, -0.25) is 9.78 Å². The molecule has 0 aliphatic rings. The zero-order valence-corrected chi connectivity index (χ0v) is 13.9. The number of amides is 1. The van der Waals surface area contributed by atoms with Crippen molar-refractivity contribution in [3.05, 3.63) is 60.4 Å². The van der Waals surface area contributed by atoms with Crippen LogP contribution < -0.4 is 15.4 Å². The summed E-state index contributed by atoms with van der Waals surface area (Å²) in [5.41, 5.74) is 2.03. The Hall–Kier alpha value is -2.82. The van der Waals surface area contributed by atoms with Gasteiger partial charge in [0.25, 0.3) is 0 Å². The van der Waals surface area contributed by atoms with E-state index < -0.39 is 0 Å². The molecule has 24 heavy (non-hydrogen) atoms. The number of nitrogens with zero attached hydrogens (tertiary/aromatic N) is 1. The lowest BCUT2D eigenvalue weighted by atomic mass is 10.2. The number of unbranched alkanes of at least 4 members (excludes halogenated alkanes) is 1. The van der Waals surface area contributed by atoms with E-state index in [4.69, 9.17) is 4.74 Å². The predicted octanol–water partition coefficient (Wildman–Crippen LogP) is 3.11. The second-order valence-corrected chi connectivity index (χ2v) is 5.27. The van der Waals surface area contributed by atoms with E-state index in [-0.39, 0.29) is 5.91 Å². The summed E-state index contributed by atoms with van der Waals surface area (Å²) >= 11 is 0. The molecular weight excluding hydrogens is 302 g/mol. The minimum atomic E-state index is -0.0760. The smallest absolute Gasteiger partial charge is 0.243 e. The molecule has 0 saturated carbocycles. The van der Waals surface area contributed by atoms with Gasteiger partial charge in [-0.1, -0.05) is 12.1 Å². The van der Waals surface area contributed by atoms with E-state index in [1.165, 1.54) is 0 Å². The molecule has 2 N–H and O–H groups in total. The maximum absolute atomic E-state index is 11.7. The van der Waals surface area contributed by atoms with E-state index in [0.717, 1.165) is 36.4 Å². The number of carbonyl (C=O) groups excluding carboxylic acids is 1. The number of rotatable bonds is 9. The Morgan fingerprint density at radius 1 is 1.08 bits per heavy atom. The van der Waals surface area contributed by atoms with E-state index in [9.17, 15) is 4.79 Å². The molecule has 1 heterocycles. The van der Waals surface area contributed by atoms with Crippen molar-refractivity contribution in [1.82, 2.24) is 10.3 Å². The minimum absolute atomic E-state index is 0.0760. The summed E-state index contributed by atoms with van der Waals surface area (Å²) in [5.74, 6) is 0.727. The Morgan fingerprint density at radius 3 is 2.50 bits per heavy atom. The molecule has 2 rings (SSSR count). The first kappa shape index (κ1) is 17.5. The largest absolute Gasteiger partial charge is 0.497 e. The van der Waals surface area contributed by atoms with Crippen LogP contribution in [0, 0.1) is 0 Å². The number of aromatic nitrogens is 1. The van der Waals surface area contributed by atoms with Crippen molar-refractivity contribution in [2.45, 2.75) is 12.8 Å². The fourth-order valence-corrected chi connectivity index (χ4v) is 2.11. The van der Waals surface area contributed by atoms with Crippen LogP contribution in [0.3, 0.4) is 0 Å². The number of pyridine rings is 1. The number of carbonyl (C=O) groups is 1. The van der Waals surface area contributed by atoms with Crippen LogP contribution in [-0.4, -0.2) is 31.1 Å². The Labute approximate surface area is 142 Å². The maximum atomic E-state index is 11.7. The van der Waals surface area contributed by atoms with Crippen molar-refractivity contribution in [1.29, 1.82) is 0 Å². The van der Waals surface area contributed by atoms with Crippen molar-refractivity contribution in [2.24, 2.45) is 0 Å². The van der Waals surface area contributed by atoms with Crippen LogP contribution in [0.5, 0.6) is 5.75 Å². The zero-order chi connectivity index (χ0) is 17.0. The van der Waals surface area contributed by atoms with Gasteiger partial charge in [-0.25, -0.2) is 0 Å². The number of anilines is 1. The van der Waals surface area contributed by atoms with E-state index >= 15 is 0 Å². The molecule has 1 aromatic carbocycles. The number of hydrogen-bond acceptors (Lipinski definition) is 4. The van der Waals surface area contributed by atoms with Crippen molar-refractivity contribution in [3.63, 3.8) is 0 Å². The standard InChI is InChI=1S/C19H23N3O2/c1-24-18-7-4-16(5-8-18)6-9-19(23)22-13-3-2-12-21-17-10-14-20-15-11-17/h4-11,14-15H,2-3,12-13H2,1H3,(H,20,21)(H,22,23)/b9-6+. The molecular formula is C19H23N3O2. The Bertz CT molecular complexity index is 639. The van der Waals surface area contributed by atoms with E-state index in [2.05, 4.69) is 15.6 Å². The Kier molecular flexibility index (Phi) is 7.34. The number of ether oxygens (including phenoxy) is 1. The van der Waals surface area contributed by atoms with Crippen molar-refractivity contribution < 1.29 is 9.53 Å². The second-order valence-electron chi connectivity index (χ2n) is 5.27. The predicted molar refractivity (Wildman–Crippen MR) is 97.0 cm³/mol. The quantitative estimate of drug-likeness (QED) is 0.549. The molecule has 0 unspecified atom stereocenters. The third kappa shape index (κ3) is 6.52. The fourth-order valence-electron chi connectivity index (χ4n) is 2.11. The van der Waals surface area contributed by atoms with Gasteiger partial charge in [-0.05, 0) is 48.7 Å². The molecule has 2 aromatic rings. The number of benzene rings is 1. The van der Waals surface area contributed by atoms with Crippen LogP contribution in [-0.2, 0) is 4.79 Å². The molecule has 1 aromatic heterocycles. The first-order valence-electron chi connectivity index (χ1n) is 8.02. The van der Waals surface area contributed by atoms with Gasteiger partial charge in [-0.15, -0.1) is 0 Å². The SMILES string of the molecule is COc1ccc(/C=C/C(=O)NCCCCNc2ccncc2)cc1. The summed E-state index contributed by atoms with van der Waals surface area (Å²) in [5, 5.41) is 6.20. The van der Waals surface area contributed by atoms with Crippen molar-refractivity contribution in [2.75, 3.05) is 25.5 Å². The molecule has 0 radical (unpaired) electrons. The highest BCUT2D eigenvalue weighted by molar-refractivity contribution is 5.91. The van der Waals surface area contributed by atoms with Gasteiger partial charge < -0.3 is 15.4 Å². The van der Waals surface area contributed by atoms with Crippen molar-refractivity contribution in [3.8, 4) is 5.75 Å². The van der Waals surface area contributed by atoms with Crippen LogP contribution in [0.1, 0.15) is 18.4 Å². The summed E-state index contributed by atoms with van der Waals surface area (Å²) in [6, 6.07) is 11.4. The first-order valence-corrected chi connectivity index (χ1v) is 8.02. The van der Waals surface area contributed by atoms with Gasteiger partial charge in [0.2, 0.25) is 5.91 Å². The normalized spacial score (nSPS) is 10.5. The highest BCUT2D eigenvalue weighted by Crippen LogP contribution is 2.12. The Morgan fingerprint density at radius 2 is 1.79 bits per heavy atom. The molecule has 0 atom stereocenters. The summed E-state index contributed by atoms with van der Waals surface area (Å²) in [7, 11) is 1.63. The summed E-state index contributed by atoms with van der Waals surface area (Å²) in [4.78, 5) is 15.7. The van der Waals surface area contributed by atoms with Gasteiger partial charge in [0, 0.05) is 37.2 Å². The monoisotopic (exact) mass is 325 g/mol. The van der Waals surface area contributed by atoms with Crippen LogP contribution in [0.15, 0.2) is 54.9 Å². The van der Waals surface area contributed by atoms with Crippen LogP contribution in [0.4, 0.5) is 5.69 Å². The van der Waals surface area contributed by atoms with E-state index in [1.807, 2.05) is 36.4 Å². The van der Waals surface area contributed by atoms with E-state index in [0.29, 0.717) is 6.54 Å². The molecule has 5 heteroatoms. The van der Waals surface area contributed by atoms with Gasteiger partial charge in [-0.2, -0.15) is 0 Å². The average molecular weight is 325 g/mol. The summed E-state index contributed by atoms with van der Waals surface area (Å²) in [6.07, 6.45) is 8.79. The molecule has 0 fully saturated rings. The topological polar surface area (TPSA) is 63.2 Å². The molecule has 0 aliphatic carbocycles. The lowest BCUT2D eigenvalue weighted by Gasteiger charge is -2.06. The fraction of sp³-hybridized carbons (Fsp3) is 0.263. The first-order chi connectivity index (χ1) is 11.8. The lowest BCUT2D eigenvalue weighted by Crippen LogP contribution is -2.22. The molecule has 126 valence electrons. The highest BCUT2D eigenvalue weighted by Gasteiger charge is 1.96. The van der Waals surface area contributed by atoms with E-state index in [1.54, 1.807) is 31.7 Å². The maximum Gasteiger partial charge on any atom is 0.243 e. The molecule has 1 amide bonds. The average Bonchev–Trinajstić information content (AvgIpc) is 2.64. The lowest BCUT2D eigenvalue weighted by molar-refractivity contribution is -0.116. The highest BCUT2D eigenvalue weighted by atomic mass is 16.5. The van der Waals surface area contributed by atoms with Gasteiger partial charge in [0.15, 0.2) is 0 Å². The molecule has 0 spiro atoms. The van der Waals surface area contributed by atoms with Gasteiger partial charge >= 0.3 is 0 Å². The van der Waals surface area contributed by atoms with Crippen LogP contribution >= 0.6 is 0 Å². The molecule has 5 nitrogen and oxygen atoms in total. The Balaban J connectivity index is 1.58. The van der Waals surface area contributed by atoms with Crippen LogP contribution in [0.25, 0.3) is 6.08 Å². The second kappa shape index (κ2) is 10.0. The molecule has 0 bridgehead atoms. The van der Waals surface area contributed by atoms with Crippen molar-refractivity contribution >= 4 is 17.7 Å². The van der Waals surface area contributed by atoms with Gasteiger partial charge in [0.1, 0.15) is 5.75 Å². The van der Waals surface area contributed by atoms with Crippen LogP contribution in [0.2, 0.25) is 0 Å². The van der Waals surface area contributed by atoms with Gasteiger partial charge in [0.05, 0.1) is 7.11 Å². The third-order valence-corrected chi connectivity index (χ3v) is 3.46. The molecule has 0 saturated heterocycles. The summed E-state index contributed by atoms with van der Waals surface area (Å²) < 4.78 is 5.10. The number of nitrogens with one attached hydrogen (secondary N) is 2. The minimum Gasteiger partial charge on any atom is -0.497 e. The third-order valence-electron chi connectivity index (χ3n) is 3.46.